The van der Waals surface area contributed by atoms with Crippen LogP contribution in [0.25, 0.3) is 0 Å². The van der Waals surface area contributed by atoms with E-state index in [1.165, 1.54) is 12.8 Å². The number of nitrogens with zero attached hydrogens (tertiary/aromatic N) is 1. The highest BCUT2D eigenvalue weighted by molar-refractivity contribution is 5.92. The number of carbonyl (C=O) groups excluding carboxylic acids is 1. The number of hydrogen-bond acceptors (Lipinski definition) is 3. The Morgan fingerprint density at radius 3 is 2.79 bits per heavy atom. The second kappa shape index (κ2) is 6.04. The van der Waals surface area contributed by atoms with Crippen LogP contribution in [0.5, 0.6) is 0 Å². The quantitative estimate of drug-likeness (QED) is 0.879. The van der Waals surface area contributed by atoms with E-state index in [2.05, 4.69) is 29.5 Å². The molecule has 1 aromatic rings. The summed E-state index contributed by atoms with van der Waals surface area (Å²) in [6.07, 6.45) is 3.45. The Bertz CT molecular complexity index is 447. The number of hydrogen-bond donors (Lipinski definition) is 2. The second-order valence-electron chi connectivity index (χ2n) is 5.63. The number of rotatable bonds is 3. The number of pyridine rings is 1. The molecule has 1 heterocycles. The maximum absolute atomic E-state index is 12.2. The largest absolute Gasteiger partial charge is 0.373 e. The Morgan fingerprint density at radius 2 is 2.11 bits per heavy atom. The topological polar surface area (TPSA) is 54.0 Å². The molecular weight excluding hydrogens is 238 g/mol. The molecule has 2 rings (SSSR count). The predicted octanol–water partition coefficient (Wildman–Crippen LogP) is 2.68. The Kier molecular flexibility index (Phi) is 4.40. The maximum atomic E-state index is 12.2. The van der Waals surface area contributed by atoms with Gasteiger partial charge in [0.05, 0.1) is 0 Å². The van der Waals surface area contributed by atoms with Gasteiger partial charge in [0.15, 0.2) is 0 Å². The molecule has 0 aliphatic heterocycles. The number of carbonyl (C=O) groups is 1. The van der Waals surface area contributed by atoms with E-state index in [1.54, 1.807) is 13.1 Å². The summed E-state index contributed by atoms with van der Waals surface area (Å²) < 4.78 is 0. The van der Waals surface area contributed by atoms with Gasteiger partial charge in [-0.25, -0.2) is 4.98 Å². The Balaban J connectivity index is 2.00. The van der Waals surface area contributed by atoms with Crippen LogP contribution in [0.4, 0.5) is 5.82 Å². The van der Waals surface area contributed by atoms with E-state index in [-0.39, 0.29) is 11.9 Å². The average Bonchev–Trinajstić information content (AvgIpc) is 2.42. The summed E-state index contributed by atoms with van der Waals surface area (Å²) in [4.78, 5) is 16.5. The first-order chi connectivity index (χ1) is 9.10. The van der Waals surface area contributed by atoms with Gasteiger partial charge in [-0.3, -0.25) is 4.79 Å². The van der Waals surface area contributed by atoms with Crippen LogP contribution in [-0.2, 0) is 0 Å². The van der Waals surface area contributed by atoms with Crippen molar-refractivity contribution in [2.24, 2.45) is 11.8 Å². The highest BCUT2D eigenvalue weighted by Gasteiger charge is 2.27. The molecule has 19 heavy (non-hydrogen) atoms. The molecule has 0 aromatic carbocycles. The number of anilines is 1. The highest BCUT2D eigenvalue weighted by Crippen LogP contribution is 2.28. The Hall–Kier alpha value is -1.58. The van der Waals surface area contributed by atoms with Crippen molar-refractivity contribution in [3.63, 3.8) is 0 Å². The lowest BCUT2D eigenvalue weighted by Gasteiger charge is -2.33. The molecule has 0 saturated heterocycles. The van der Waals surface area contributed by atoms with Crippen molar-refractivity contribution in [1.82, 2.24) is 10.3 Å². The van der Waals surface area contributed by atoms with E-state index in [4.69, 9.17) is 0 Å². The lowest BCUT2D eigenvalue weighted by atomic mass is 9.80. The summed E-state index contributed by atoms with van der Waals surface area (Å²) in [5, 5.41) is 6.08. The van der Waals surface area contributed by atoms with E-state index < -0.39 is 0 Å². The number of amides is 1. The average molecular weight is 261 g/mol. The van der Waals surface area contributed by atoms with Crippen LogP contribution in [0.15, 0.2) is 18.2 Å². The van der Waals surface area contributed by atoms with Crippen LogP contribution in [0.2, 0.25) is 0 Å². The predicted molar refractivity (Wildman–Crippen MR) is 77.2 cm³/mol. The third kappa shape index (κ3) is 3.46. The van der Waals surface area contributed by atoms with Gasteiger partial charge >= 0.3 is 0 Å². The van der Waals surface area contributed by atoms with Gasteiger partial charge in [0.25, 0.3) is 5.91 Å². The minimum atomic E-state index is -0.0662. The van der Waals surface area contributed by atoms with E-state index in [9.17, 15) is 4.79 Å². The molecule has 1 aliphatic carbocycles. The zero-order valence-electron chi connectivity index (χ0n) is 11.9. The number of aromatic nitrogens is 1. The molecule has 1 saturated carbocycles. The van der Waals surface area contributed by atoms with Gasteiger partial charge in [-0.15, -0.1) is 0 Å². The van der Waals surface area contributed by atoms with E-state index >= 15 is 0 Å². The van der Waals surface area contributed by atoms with Gasteiger partial charge < -0.3 is 10.6 Å². The van der Waals surface area contributed by atoms with Crippen LogP contribution in [-0.4, -0.2) is 24.0 Å². The molecular formula is C15H23N3O. The SMILES string of the molecule is CNc1cccc(C(=O)NC2CCC(C)CC2C)n1. The van der Waals surface area contributed by atoms with Crippen molar-refractivity contribution in [2.45, 2.75) is 39.2 Å². The van der Waals surface area contributed by atoms with E-state index in [1.807, 2.05) is 12.1 Å². The molecule has 3 atom stereocenters. The van der Waals surface area contributed by atoms with Crippen molar-refractivity contribution in [3.05, 3.63) is 23.9 Å². The van der Waals surface area contributed by atoms with Crippen molar-refractivity contribution >= 4 is 11.7 Å². The molecule has 1 amide bonds. The summed E-state index contributed by atoms with van der Waals surface area (Å²) in [6, 6.07) is 5.73. The monoisotopic (exact) mass is 261 g/mol. The van der Waals surface area contributed by atoms with Crippen LogP contribution in [0, 0.1) is 11.8 Å². The lowest BCUT2D eigenvalue weighted by Crippen LogP contribution is -2.42. The van der Waals surface area contributed by atoms with Crippen molar-refractivity contribution < 1.29 is 4.79 Å². The fourth-order valence-electron chi connectivity index (χ4n) is 2.82. The lowest BCUT2D eigenvalue weighted by molar-refractivity contribution is 0.0894. The van der Waals surface area contributed by atoms with Gasteiger partial charge in [0, 0.05) is 13.1 Å². The molecule has 104 valence electrons. The molecule has 0 bridgehead atoms. The van der Waals surface area contributed by atoms with Crippen molar-refractivity contribution in [2.75, 3.05) is 12.4 Å². The molecule has 0 radical (unpaired) electrons. The second-order valence-corrected chi connectivity index (χ2v) is 5.63. The third-order valence-electron chi connectivity index (χ3n) is 3.99. The van der Waals surface area contributed by atoms with E-state index in [0.29, 0.717) is 11.6 Å². The standard InChI is InChI=1S/C15H23N3O/c1-10-7-8-12(11(2)9-10)18-15(19)13-5-4-6-14(16-3)17-13/h4-6,10-12H,7-9H2,1-3H3,(H,16,17)(H,18,19). The van der Waals surface area contributed by atoms with Gasteiger partial charge in [-0.2, -0.15) is 0 Å². The molecule has 1 aliphatic rings. The fraction of sp³-hybridized carbons (Fsp3) is 0.600. The summed E-state index contributed by atoms with van der Waals surface area (Å²) in [7, 11) is 1.80. The van der Waals surface area contributed by atoms with Gasteiger partial charge in [0.2, 0.25) is 0 Å². The minimum Gasteiger partial charge on any atom is -0.373 e. The molecule has 0 spiro atoms. The Labute approximate surface area is 115 Å². The summed E-state index contributed by atoms with van der Waals surface area (Å²) >= 11 is 0. The van der Waals surface area contributed by atoms with Crippen LogP contribution in [0.3, 0.4) is 0 Å². The molecule has 1 aromatic heterocycles. The molecule has 3 unspecified atom stereocenters. The summed E-state index contributed by atoms with van der Waals surface area (Å²) in [6.45, 7) is 4.50. The van der Waals surface area contributed by atoms with Gasteiger partial charge in [0.1, 0.15) is 11.5 Å². The molecule has 2 N–H and O–H groups in total. The first kappa shape index (κ1) is 13.8. The minimum absolute atomic E-state index is 0.0662. The van der Waals surface area contributed by atoms with E-state index in [0.717, 1.165) is 18.2 Å². The zero-order chi connectivity index (χ0) is 13.8. The molecule has 4 nitrogen and oxygen atoms in total. The fourth-order valence-corrected chi connectivity index (χ4v) is 2.82. The first-order valence-corrected chi connectivity index (χ1v) is 7.06. The molecule has 1 fully saturated rings. The highest BCUT2D eigenvalue weighted by atomic mass is 16.1. The summed E-state index contributed by atoms with van der Waals surface area (Å²) in [5.74, 6) is 1.97. The van der Waals surface area contributed by atoms with Crippen molar-refractivity contribution in [1.29, 1.82) is 0 Å². The zero-order valence-corrected chi connectivity index (χ0v) is 11.9. The maximum Gasteiger partial charge on any atom is 0.270 e. The van der Waals surface area contributed by atoms with Crippen LogP contribution >= 0.6 is 0 Å². The van der Waals surface area contributed by atoms with Crippen molar-refractivity contribution in [3.8, 4) is 0 Å². The number of nitrogens with one attached hydrogen (secondary N) is 2. The summed E-state index contributed by atoms with van der Waals surface area (Å²) in [5.41, 5.74) is 0.484. The van der Waals surface area contributed by atoms with Gasteiger partial charge in [-0.05, 0) is 43.2 Å². The van der Waals surface area contributed by atoms with Gasteiger partial charge in [-0.1, -0.05) is 19.9 Å². The molecule has 4 heteroatoms. The third-order valence-corrected chi connectivity index (χ3v) is 3.99. The Morgan fingerprint density at radius 1 is 1.32 bits per heavy atom. The first-order valence-electron chi connectivity index (χ1n) is 7.06. The normalized spacial score (nSPS) is 26.8. The van der Waals surface area contributed by atoms with Crippen LogP contribution in [0.1, 0.15) is 43.6 Å². The smallest absolute Gasteiger partial charge is 0.270 e. The van der Waals surface area contributed by atoms with Crippen LogP contribution < -0.4 is 10.6 Å².